The summed E-state index contributed by atoms with van der Waals surface area (Å²) in [5.41, 5.74) is 0. The van der Waals surface area contributed by atoms with Crippen LogP contribution >= 0.6 is 0 Å². The minimum absolute atomic E-state index is 0.0267. The molecule has 0 unspecified atom stereocenters. The number of rotatable bonds is 16. The third kappa shape index (κ3) is 29.7. The molecular weight excluding hydrogens is 348 g/mol. The summed E-state index contributed by atoms with van der Waals surface area (Å²) in [7, 11) is 0. The van der Waals surface area contributed by atoms with Gasteiger partial charge in [-0.15, -0.1) is 0 Å². The van der Waals surface area contributed by atoms with Crippen LogP contribution in [-0.4, -0.2) is 45.1 Å². The first-order chi connectivity index (χ1) is 12.3. The molecule has 10 nitrogen and oxygen atoms in total. The predicted octanol–water partition coefficient (Wildman–Crippen LogP) is 3.38. The van der Waals surface area contributed by atoms with E-state index in [4.69, 9.17) is 10.2 Å². The highest BCUT2D eigenvalue weighted by atomic mass is 16.6. The molecule has 0 aromatic carbocycles. The Morgan fingerprint density at radius 2 is 0.846 bits per heavy atom. The van der Waals surface area contributed by atoms with Gasteiger partial charge in [0.2, 0.25) is 13.1 Å². The molecule has 0 bridgehead atoms. The van der Waals surface area contributed by atoms with Gasteiger partial charge in [-0.25, -0.2) is 0 Å². The van der Waals surface area contributed by atoms with E-state index in [1.54, 1.807) is 0 Å². The van der Waals surface area contributed by atoms with Crippen LogP contribution < -0.4 is 0 Å². The number of carbonyl (C=O) groups is 2. The monoisotopic (exact) mass is 378 g/mol. The van der Waals surface area contributed by atoms with Gasteiger partial charge in [0.25, 0.3) is 0 Å². The molecule has 0 spiro atoms. The predicted molar refractivity (Wildman–Crippen MR) is 94.4 cm³/mol. The van der Waals surface area contributed by atoms with Gasteiger partial charge in [-0.2, -0.15) is 0 Å². The zero-order chi connectivity index (χ0) is 20.2. The van der Waals surface area contributed by atoms with E-state index in [2.05, 4.69) is 0 Å². The number of nitrogens with zero attached hydrogens (tertiary/aromatic N) is 2. The van der Waals surface area contributed by atoms with Crippen molar-refractivity contribution in [3.8, 4) is 0 Å². The summed E-state index contributed by atoms with van der Waals surface area (Å²) >= 11 is 0. The minimum atomic E-state index is -0.773. The van der Waals surface area contributed by atoms with Crippen molar-refractivity contribution in [1.29, 1.82) is 0 Å². The topological polar surface area (TPSA) is 161 Å². The van der Waals surface area contributed by atoms with Crippen LogP contribution in [0.25, 0.3) is 0 Å². The lowest BCUT2D eigenvalue weighted by Crippen LogP contribution is -2.00. The Bertz CT molecular complexity index is 341. The number of carboxylic acid groups (broad SMARTS) is 2. The minimum Gasteiger partial charge on any atom is -0.481 e. The van der Waals surface area contributed by atoms with Crippen molar-refractivity contribution in [1.82, 2.24) is 0 Å². The molecule has 0 atom stereocenters. The average Bonchev–Trinajstić information content (AvgIpc) is 2.52. The van der Waals surface area contributed by atoms with E-state index in [1.165, 1.54) is 0 Å². The van der Waals surface area contributed by atoms with E-state index in [1.807, 2.05) is 0 Å². The summed E-state index contributed by atoms with van der Waals surface area (Å²) in [6.45, 7) is 0.0534. The first kappa shape index (κ1) is 26.0. The summed E-state index contributed by atoms with van der Waals surface area (Å²) in [5.74, 6) is -1.55. The first-order valence-corrected chi connectivity index (χ1v) is 8.93. The van der Waals surface area contributed by atoms with E-state index in [0.29, 0.717) is 25.7 Å². The number of hydrogen-bond acceptors (Lipinski definition) is 6. The summed E-state index contributed by atoms with van der Waals surface area (Å²) in [6.07, 6.45) is 8.07. The highest BCUT2D eigenvalue weighted by Gasteiger charge is 1.99. The Morgan fingerprint density at radius 3 is 1.12 bits per heavy atom. The van der Waals surface area contributed by atoms with Crippen LogP contribution in [0.4, 0.5) is 0 Å². The molecule has 0 aliphatic rings. The Balaban J connectivity index is 0. The maximum Gasteiger partial charge on any atom is 0.303 e. The maximum absolute atomic E-state index is 10.1. The zero-order valence-electron chi connectivity index (χ0n) is 15.1. The first-order valence-electron chi connectivity index (χ1n) is 8.93. The molecule has 2 N–H and O–H groups in total. The largest absolute Gasteiger partial charge is 0.481 e. The molecule has 0 saturated heterocycles. The molecule has 0 radical (unpaired) electrons. The van der Waals surface area contributed by atoms with Gasteiger partial charge >= 0.3 is 11.9 Å². The smallest absolute Gasteiger partial charge is 0.303 e. The molecule has 10 heteroatoms. The van der Waals surface area contributed by atoms with Crippen molar-refractivity contribution in [2.45, 2.75) is 77.0 Å². The second-order valence-corrected chi connectivity index (χ2v) is 5.94. The van der Waals surface area contributed by atoms with Crippen LogP contribution in [0, 0.1) is 20.2 Å². The molecule has 0 aliphatic carbocycles. The van der Waals surface area contributed by atoms with Gasteiger partial charge in [0.05, 0.1) is 0 Å². The van der Waals surface area contributed by atoms with E-state index < -0.39 is 11.9 Å². The molecule has 26 heavy (non-hydrogen) atoms. The third-order valence-corrected chi connectivity index (χ3v) is 3.46. The van der Waals surface area contributed by atoms with Gasteiger partial charge in [-0.05, 0) is 25.7 Å². The lowest BCUT2D eigenvalue weighted by atomic mass is 10.1. The van der Waals surface area contributed by atoms with Gasteiger partial charge in [-0.3, -0.25) is 29.8 Å². The summed E-state index contributed by atoms with van der Waals surface area (Å²) in [4.78, 5) is 39.3. The van der Waals surface area contributed by atoms with E-state index in [9.17, 15) is 29.8 Å². The lowest BCUT2D eigenvalue weighted by Gasteiger charge is -1.96. The number of carboxylic acids is 2. The number of aliphatic carboxylic acids is 2. The standard InChI is InChI=1S/2C8H15NO4/c2*10-8(11)6-4-2-1-3-5-7-9(12)13/h2*1-7H2,(H,10,11). The molecule has 152 valence electrons. The van der Waals surface area contributed by atoms with Gasteiger partial charge in [0, 0.05) is 35.5 Å². The molecule has 0 rings (SSSR count). The van der Waals surface area contributed by atoms with E-state index in [-0.39, 0.29) is 35.8 Å². The highest BCUT2D eigenvalue weighted by Crippen LogP contribution is 2.05. The Kier molecular flexibility index (Phi) is 19.1. The van der Waals surface area contributed by atoms with Gasteiger partial charge in [0.1, 0.15) is 0 Å². The molecule has 0 fully saturated rings. The fraction of sp³-hybridized carbons (Fsp3) is 0.875. The second-order valence-electron chi connectivity index (χ2n) is 5.94. The van der Waals surface area contributed by atoms with Crippen molar-refractivity contribution >= 4 is 11.9 Å². The fourth-order valence-corrected chi connectivity index (χ4v) is 2.09. The Labute approximate surface area is 152 Å². The Morgan fingerprint density at radius 1 is 0.577 bits per heavy atom. The van der Waals surface area contributed by atoms with Gasteiger partial charge in [-0.1, -0.05) is 25.7 Å². The van der Waals surface area contributed by atoms with Crippen molar-refractivity contribution in [3.05, 3.63) is 20.2 Å². The maximum atomic E-state index is 10.1. The average molecular weight is 378 g/mol. The van der Waals surface area contributed by atoms with E-state index >= 15 is 0 Å². The third-order valence-electron chi connectivity index (χ3n) is 3.46. The van der Waals surface area contributed by atoms with Crippen molar-refractivity contribution < 1.29 is 29.6 Å². The highest BCUT2D eigenvalue weighted by molar-refractivity contribution is 5.66. The number of hydrogen-bond donors (Lipinski definition) is 2. The van der Waals surface area contributed by atoms with Crippen molar-refractivity contribution in [2.75, 3.05) is 13.1 Å². The normalized spacial score (nSPS) is 9.85. The van der Waals surface area contributed by atoms with Gasteiger partial charge in [0.15, 0.2) is 0 Å². The van der Waals surface area contributed by atoms with Crippen LogP contribution in [-0.2, 0) is 9.59 Å². The summed E-state index contributed by atoms with van der Waals surface area (Å²) in [6, 6.07) is 0. The fourth-order valence-electron chi connectivity index (χ4n) is 2.09. The second kappa shape index (κ2) is 19.1. The van der Waals surface area contributed by atoms with Crippen LogP contribution in [0.1, 0.15) is 77.0 Å². The molecule has 0 saturated carbocycles. The van der Waals surface area contributed by atoms with Crippen LogP contribution in [0.3, 0.4) is 0 Å². The van der Waals surface area contributed by atoms with Crippen molar-refractivity contribution in [3.63, 3.8) is 0 Å². The molecule has 0 aromatic heterocycles. The molecule has 0 aromatic rings. The van der Waals surface area contributed by atoms with Gasteiger partial charge < -0.3 is 10.2 Å². The van der Waals surface area contributed by atoms with Crippen LogP contribution in [0.15, 0.2) is 0 Å². The lowest BCUT2D eigenvalue weighted by molar-refractivity contribution is -0.480. The molecule has 0 aliphatic heterocycles. The summed E-state index contributed by atoms with van der Waals surface area (Å²) < 4.78 is 0. The molecule has 0 amide bonds. The molecular formula is C16H30N2O8. The van der Waals surface area contributed by atoms with Crippen LogP contribution in [0.5, 0.6) is 0 Å². The summed E-state index contributed by atoms with van der Waals surface area (Å²) in [5, 5.41) is 36.4. The SMILES string of the molecule is O=C(O)CCCCCCC[N+](=O)[O-].O=C(O)CCCCCCC[N+](=O)[O-]. The van der Waals surface area contributed by atoms with E-state index in [0.717, 1.165) is 38.5 Å². The Hall–Kier alpha value is -2.26. The van der Waals surface area contributed by atoms with Crippen LogP contribution in [0.2, 0.25) is 0 Å². The number of nitro groups is 2. The van der Waals surface area contributed by atoms with Crippen molar-refractivity contribution in [2.24, 2.45) is 0 Å². The number of unbranched alkanes of at least 4 members (excludes halogenated alkanes) is 8. The quantitative estimate of drug-likeness (QED) is 0.235. The zero-order valence-corrected chi connectivity index (χ0v) is 15.1. The molecule has 0 heterocycles.